The molecule has 31 heavy (non-hydrogen) atoms. The second-order valence-electron chi connectivity index (χ2n) is 7.96. The number of nitrogens with one attached hydrogen (secondary N) is 1. The van der Waals surface area contributed by atoms with Crippen molar-refractivity contribution in [2.24, 2.45) is 5.92 Å². The number of rotatable bonds is 8. The van der Waals surface area contributed by atoms with Crippen LogP contribution >= 0.6 is 0 Å². The summed E-state index contributed by atoms with van der Waals surface area (Å²) in [6.07, 6.45) is 2.41. The zero-order chi connectivity index (χ0) is 22.0. The van der Waals surface area contributed by atoms with Crippen molar-refractivity contribution < 1.29 is 22.7 Å². The quantitative estimate of drug-likeness (QED) is 0.678. The van der Waals surface area contributed by atoms with Crippen LogP contribution in [0.5, 0.6) is 5.75 Å². The van der Waals surface area contributed by atoms with E-state index < -0.39 is 9.84 Å². The molecule has 0 unspecified atom stereocenters. The number of carbonyl (C=O) groups excluding carboxylic acids is 2. The summed E-state index contributed by atoms with van der Waals surface area (Å²) in [5.74, 6) is 0.332. The number of hydrogen-bond acceptors (Lipinski definition) is 5. The molecule has 0 aromatic heterocycles. The monoisotopic (exact) mass is 442 g/mol. The predicted molar refractivity (Wildman–Crippen MR) is 117 cm³/mol. The lowest BCUT2D eigenvalue weighted by atomic mass is 10.2. The molecule has 2 amide bonds. The first-order chi connectivity index (χ1) is 14.9. The van der Waals surface area contributed by atoms with Gasteiger partial charge < -0.3 is 15.0 Å². The summed E-state index contributed by atoms with van der Waals surface area (Å²) < 4.78 is 30.8. The summed E-state index contributed by atoms with van der Waals surface area (Å²) in [6, 6.07) is 12.3. The predicted octanol–water partition coefficient (Wildman–Crippen LogP) is 2.47. The first kappa shape index (κ1) is 21.4. The number of para-hydroxylation sites is 1. The van der Waals surface area contributed by atoms with Gasteiger partial charge in [-0.2, -0.15) is 0 Å². The van der Waals surface area contributed by atoms with Gasteiger partial charge in [0.05, 0.1) is 17.8 Å². The minimum Gasteiger partial charge on any atom is -0.496 e. The molecule has 0 atom stereocenters. The Hall–Kier alpha value is -2.87. The molecule has 0 spiro atoms. The molecule has 0 saturated heterocycles. The van der Waals surface area contributed by atoms with Crippen LogP contribution in [0.25, 0.3) is 0 Å². The lowest BCUT2D eigenvalue weighted by Gasteiger charge is -2.17. The molecule has 2 aromatic rings. The highest BCUT2D eigenvalue weighted by molar-refractivity contribution is 7.91. The fraction of sp³-hybridized carbons (Fsp3) is 0.391. The van der Waals surface area contributed by atoms with Crippen LogP contribution < -0.4 is 15.0 Å². The van der Waals surface area contributed by atoms with Crippen LogP contribution in [0.3, 0.4) is 0 Å². The lowest BCUT2D eigenvalue weighted by molar-refractivity contribution is -0.121. The van der Waals surface area contributed by atoms with Crippen molar-refractivity contribution in [2.45, 2.75) is 37.1 Å². The molecule has 1 aliphatic carbocycles. The van der Waals surface area contributed by atoms with Crippen molar-refractivity contribution in [3.63, 3.8) is 0 Å². The van der Waals surface area contributed by atoms with Gasteiger partial charge in [-0.05, 0) is 49.1 Å². The van der Waals surface area contributed by atoms with Gasteiger partial charge in [0.25, 0.3) is 0 Å². The van der Waals surface area contributed by atoms with Crippen molar-refractivity contribution in [3.8, 4) is 5.75 Å². The Bertz CT molecular complexity index is 1110. The van der Waals surface area contributed by atoms with E-state index in [1.807, 2.05) is 18.2 Å². The van der Waals surface area contributed by atoms with E-state index in [2.05, 4.69) is 5.32 Å². The summed E-state index contributed by atoms with van der Waals surface area (Å²) in [6.45, 7) is 0.867. The smallest absolute Gasteiger partial charge is 0.230 e. The fourth-order valence-electron chi connectivity index (χ4n) is 3.83. The summed E-state index contributed by atoms with van der Waals surface area (Å²) in [5, 5.41) is 2.75. The maximum absolute atomic E-state index is 12.8. The number of benzene rings is 2. The van der Waals surface area contributed by atoms with Crippen LogP contribution in [0.15, 0.2) is 47.4 Å². The Morgan fingerprint density at radius 2 is 1.94 bits per heavy atom. The number of carbonyl (C=O) groups is 2. The van der Waals surface area contributed by atoms with Gasteiger partial charge in [0, 0.05) is 36.7 Å². The van der Waals surface area contributed by atoms with Gasteiger partial charge in [-0.3, -0.25) is 9.59 Å². The maximum Gasteiger partial charge on any atom is 0.230 e. The van der Waals surface area contributed by atoms with Crippen molar-refractivity contribution >= 4 is 27.3 Å². The van der Waals surface area contributed by atoms with E-state index in [1.54, 1.807) is 36.3 Å². The van der Waals surface area contributed by atoms with E-state index in [4.69, 9.17) is 4.74 Å². The normalized spacial score (nSPS) is 15.5. The number of hydrogen-bond donors (Lipinski definition) is 1. The lowest BCUT2D eigenvalue weighted by Crippen LogP contribution is -2.30. The molecule has 0 radical (unpaired) electrons. The van der Waals surface area contributed by atoms with E-state index in [0.29, 0.717) is 18.7 Å². The summed E-state index contributed by atoms with van der Waals surface area (Å²) in [5.41, 5.74) is 2.51. The number of nitrogens with zero attached hydrogens (tertiary/aromatic N) is 1. The Labute approximate surface area is 182 Å². The fourth-order valence-corrected chi connectivity index (χ4v) is 5.11. The first-order valence-electron chi connectivity index (χ1n) is 10.4. The molecule has 1 heterocycles. The Morgan fingerprint density at radius 1 is 1.16 bits per heavy atom. The van der Waals surface area contributed by atoms with Crippen molar-refractivity contribution in [1.82, 2.24) is 5.32 Å². The molecule has 0 bridgehead atoms. The van der Waals surface area contributed by atoms with E-state index >= 15 is 0 Å². The number of anilines is 1. The topological polar surface area (TPSA) is 92.8 Å². The van der Waals surface area contributed by atoms with Gasteiger partial charge in [-0.1, -0.05) is 18.2 Å². The molecule has 7 nitrogen and oxygen atoms in total. The Morgan fingerprint density at radius 3 is 2.68 bits per heavy atom. The number of ether oxygens (including phenoxy) is 1. The molecule has 4 rings (SSSR count). The molecule has 2 aromatic carbocycles. The van der Waals surface area contributed by atoms with Gasteiger partial charge >= 0.3 is 0 Å². The number of methoxy groups -OCH3 is 1. The summed E-state index contributed by atoms with van der Waals surface area (Å²) in [7, 11) is -2.04. The van der Waals surface area contributed by atoms with Crippen molar-refractivity contribution in [3.05, 3.63) is 53.6 Å². The van der Waals surface area contributed by atoms with Gasteiger partial charge in [-0.15, -0.1) is 0 Å². The minimum absolute atomic E-state index is 0.124. The zero-order valence-electron chi connectivity index (χ0n) is 17.5. The van der Waals surface area contributed by atoms with Crippen molar-refractivity contribution in [1.29, 1.82) is 0 Å². The van der Waals surface area contributed by atoms with Gasteiger partial charge in [0.15, 0.2) is 9.84 Å². The Balaban J connectivity index is 1.35. The van der Waals surface area contributed by atoms with E-state index in [0.717, 1.165) is 29.7 Å². The molecule has 164 valence electrons. The average Bonchev–Trinajstić information content (AvgIpc) is 3.54. The summed E-state index contributed by atoms with van der Waals surface area (Å²) >= 11 is 0. The molecular formula is C23H26N2O5S. The number of sulfone groups is 1. The Kier molecular flexibility index (Phi) is 6.00. The van der Waals surface area contributed by atoms with Crippen LogP contribution in [0.4, 0.5) is 5.69 Å². The molecule has 1 N–H and O–H groups in total. The molecule has 1 fully saturated rings. The van der Waals surface area contributed by atoms with E-state index in [-0.39, 0.29) is 41.3 Å². The number of amides is 2. The van der Waals surface area contributed by atoms with Crippen LogP contribution in [0, 0.1) is 5.92 Å². The van der Waals surface area contributed by atoms with Crippen molar-refractivity contribution in [2.75, 3.05) is 24.3 Å². The van der Waals surface area contributed by atoms with Gasteiger partial charge in [0.1, 0.15) is 5.75 Å². The second kappa shape index (κ2) is 8.70. The van der Waals surface area contributed by atoms with Gasteiger partial charge in [0.2, 0.25) is 11.8 Å². The highest BCUT2D eigenvalue weighted by Crippen LogP contribution is 2.37. The van der Waals surface area contributed by atoms with E-state index in [1.165, 1.54) is 0 Å². The largest absolute Gasteiger partial charge is 0.496 e. The van der Waals surface area contributed by atoms with Gasteiger partial charge in [-0.25, -0.2) is 8.42 Å². The van der Waals surface area contributed by atoms with Crippen LogP contribution in [0.2, 0.25) is 0 Å². The molecule has 2 aliphatic rings. The highest BCUT2D eigenvalue weighted by atomic mass is 32.2. The van der Waals surface area contributed by atoms with Crippen LogP contribution in [-0.4, -0.2) is 39.6 Å². The van der Waals surface area contributed by atoms with Crippen LogP contribution in [0.1, 0.15) is 30.4 Å². The molecule has 8 heteroatoms. The SMILES string of the molecule is COc1ccccc1CNC(=O)CCS(=O)(=O)c1ccc2c(c1)CCN2C(=O)C1CC1. The molecular weight excluding hydrogens is 416 g/mol. The van der Waals surface area contributed by atoms with Crippen LogP contribution in [-0.2, 0) is 32.4 Å². The maximum atomic E-state index is 12.8. The third-order valence-corrected chi connectivity index (χ3v) is 7.48. The average molecular weight is 443 g/mol. The minimum atomic E-state index is -3.60. The number of fused-ring (bicyclic) bond motifs is 1. The van der Waals surface area contributed by atoms with E-state index in [9.17, 15) is 18.0 Å². The molecule has 1 saturated carbocycles. The third-order valence-electron chi connectivity index (χ3n) is 5.76. The zero-order valence-corrected chi connectivity index (χ0v) is 18.3. The summed E-state index contributed by atoms with van der Waals surface area (Å²) in [4.78, 5) is 26.6. The highest BCUT2D eigenvalue weighted by Gasteiger charge is 2.36. The third kappa shape index (κ3) is 4.74. The molecule has 1 aliphatic heterocycles. The first-order valence-corrected chi connectivity index (χ1v) is 12.1. The standard InChI is InChI=1S/C23H26N2O5S/c1-30-21-5-3-2-4-18(21)15-24-22(26)11-13-31(28,29)19-8-9-20-17(14-19)10-12-25(20)23(27)16-6-7-16/h2-5,8-9,14,16H,6-7,10-13,15H2,1H3,(H,24,26). The second-order valence-corrected chi connectivity index (χ2v) is 10.1.